The van der Waals surface area contributed by atoms with Gasteiger partial charge in [-0.3, -0.25) is 14.4 Å². The van der Waals surface area contributed by atoms with Crippen molar-refractivity contribution in [1.29, 1.82) is 0 Å². The molecule has 0 spiro atoms. The van der Waals surface area contributed by atoms with Crippen LogP contribution in [0.2, 0.25) is 0 Å². The number of carbonyl (C=O) groups excluding carboxylic acids is 3. The largest absolute Gasteiger partial charge is 0.466 e. The van der Waals surface area contributed by atoms with Crippen molar-refractivity contribution >= 4 is 17.8 Å². The summed E-state index contributed by atoms with van der Waals surface area (Å²) < 4.78 is 11.7. The molecule has 0 radical (unpaired) electrons. The van der Waals surface area contributed by atoms with Gasteiger partial charge in [0.25, 0.3) is 0 Å². The van der Waals surface area contributed by atoms with Crippen LogP contribution in [0, 0.1) is 11.8 Å². The topological polar surface area (TPSA) is 84.9 Å². The van der Waals surface area contributed by atoms with Crippen LogP contribution in [0.4, 0.5) is 0 Å². The van der Waals surface area contributed by atoms with Crippen molar-refractivity contribution in [2.45, 2.75) is 284 Å². The number of carbonyl (C=O) groups is 3. The van der Waals surface area contributed by atoms with Crippen LogP contribution < -0.4 is 5.32 Å². The van der Waals surface area contributed by atoms with Gasteiger partial charge < -0.3 is 19.7 Å². The second-order valence-electron chi connectivity index (χ2n) is 19.2. The third-order valence-corrected chi connectivity index (χ3v) is 13.4. The molecule has 1 amide bonds. The average Bonchev–Trinajstić information content (AvgIpc) is 3.27. The molecule has 0 bridgehead atoms. The molecule has 0 unspecified atom stereocenters. The summed E-state index contributed by atoms with van der Waals surface area (Å²) in [7, 11) is 0. The predicted molar refractivity (Wildman–Crippen MR) is 260 cm³/mol. The molecule has 0 aliphatic heterocycles. The van der Waals surface area contributed by atoms with Gasteiger partial charge in [0.05, 0.1) is 6.61 Å². The van der Waals surface area contributed by atoms with E-state index in [2.05, 4.69) is 37.9 Å². The van der Waals surface area contributed by atoms with Crippen molar-refractivity contribution in [3.05, 3.63) is 0 Å². The van der Waals surface area contributed by atoms with Crippen LogP contribution in [0.15, 0.2) is 0 Å². The van der Waals surface area contributed by atoms with Crippen LogP contribution in [0.1, 0.15) is 278 Å². The van der Waals surface area contributed by atoms with E-state index in [-0.39, 0.29) is 29.9 Å². The fraction of sp³-hybridized carbons (Fsp3) is 0.944. The number of nitrogens with one attached hydrogen (secondary N) is 1. The molecule has 1 fully saturated rings. The Morgan fingerprint density at radius 3 is 1.49 bits per heavy atom. The second kappa shape index (κ2) is 43.6. The maximum absolute atomic E-state index is 12.9. The normalized spacial score (nSPS) is 13.4. The SMILES string of the molecule is CCCCCCCCC(CCCCCCCC)OC(=O)CCCCCCCN(CCCCCCCC(=O)OCCC(CCCC)CCCC)CCCNC(=O)C1CCCCC1. The molecular formula is C54H104N2O5. The standard InChI is InChI=1S/C54H104N2O5/c1-5-9-13-15-19-28-39-51(40-29-20-16-14-10-6-2)61-53(58)42-31-22-18-24-33-46-56(47-34-44-55-54(59)50-37-26-25-27-38-50)45-32-23-17-21-30-41-52(57)60-48-43-49(35-11-7-3)36-12-8-4/h49-51H,5-48H2,1-4H3,(H,55,59). The van der Waals surface area contributed by atoms with Crippen LogP contribution in [0.5, 0.6) is 0 Å². The zero-order chi connectivity index (χ0) is 44.3. The minimum absolute atomic E-state index is 0.0161. The summed E-state index contributed by atoms with van der Waals surface area (Å²) in [6, 6.07) is 0. The molecule has 0 atom stereocenters. The van der Waals surface area contributed by atoms with E-state index >= 15 is 0 Å². The molecule has 0 saturated heterocycles. The summed E-state index contributed by atoms with van der Waals surface area (Å²) >= 11 is 0. The number of esters is 2. The van der Waals surface area contributed by atoms with Gasteiger partial charge in [-0.1, -0.05) is 188 Å². The number of rotatable bonds is 45. The van der Waals surface area contributed by atoms with Gasteiger partial charge in [0, 0.05) is 25.3 Å². The van der Waals surface area contributed by atoms with Gasteiger partial charge in [-0.15, -0.1) is 0 Å². The zero-order valence-electron chi connectivity index (χ0n) is 41.3. The minimum atomic E-state index is -0.0161. The number of hydrogen-bond acceptors (Lipinski definition) is 6. The second-order valence-corrected chi connectivity index (χ2v) is 19.2. The molecule has 1 aliphatic rings. The highest BCUT2D eigenvalue weighted by Gasteiger charge is 2.20. The van der Waals surface area contributed by atoms with Crippen LogP contribution in [0.3, 0.4) is 0 Å². The molecule has 0 aromatic heterocycles. The van der Waals surface area contributed by atoms with Crippen molar-refractivity contribution in [2.75, 3.05) is 32.8 Å². The number of nitrogens with zero attached hydrogens (tertiary/aromatic N) is 1. The monoisotopic (exact) mass is 861 g/mol. The zero-order valence-corrected chi connectivity index (χ0v) is 41.3. The van der Waals surface area contributed by atoms with Crippen molar-refractivity contribution in [1.82, 2.24) is 10.2 Å². The molecular weight excluding hydrogens is 757 g/mol. The Morgan fingerprint density at radius 2 is 0.951 bits per heavy atom. The van der Waals surface area contributed by atoms with Crippen molar-refractivity contribution in [3.63, 3.8) is 0 Å². The van der Waals surface area contributed by atoms with Crippen molar-refractivity contribution in [3.8, 4) is 0 Å². The number of unbranched alkanes of at least 4 members (excludes halogenated alkanes) is 20. The Bertz CT molecular complexity index is 960. The highest BCUT2D eigenvalue weighted by molar-refractivity contribution is 5.78. The molecule has 1 aliphatic carbocycles. The van der Waals surface area contributed by atoms with E-state index in [1.165, 1.54) is 161 Å². The van der Waals surface area contributed by atoms with Gasteiger partial charge in [-0.2, -0.15) is 0 Å². The van der Waals surface area contributed by atoms with E-state index in [0.717, 1.165) is 103 Å². The first-order chi connectivity index (χ1) is 29.9. The predicted octanol–water partition coefficient (Wildman–Crippen LogP) is 15.4. The fourth-order valence-electron chi connectivity index (χ4n) is 9.27. The number of amides is 1. The Labute approximate surface area is 379 Å². The average molecular weight is 861 g/mol. The quantitative estimate of drug-likeness (QED) is 0.0485. The summed E-state index contributed by atoms with van der Waals surface area (Å²) in [6.45, 7) is 13.6. The highest BCUT2D eigenvalue weighted by Crippen LogP contribution is 2.24. The first-order valence-electron chi connectivity index (χ1n) is 27.3. The lowest BCUT2D eigenvalue weighted by Gasteiger charge is -2.23. The minimum Gasteiger partial charge on any atom is -0.466 e. The number of ether oxygens (including phenoxy) is 2. The van der Waals surface area contributed by atoms with Gasteiger partial charge in [-0.05, 0) is 103 Å². The first-order valence-corrected chi connectivity index (χ1v) is 27.3. The van der Waals surface area contributed by atoms with E-state index in [1.807, 2.05) is 0 Å². The third kappa shape index (κ3) is 36.4. The molecule has 1 N–H and O–H groups in total. The van der Waals surface area contributed by atoms with Crippen LogP contribution in [0.25, 0.3) is 0 Å². The van der Waals surface area contributed by atoms with E-state index < -0.39 is 0 Å². The third-order valence-electron chi connectivity index (χ3n) is 13.4. The van der Waals surface area contributed by atoms with Crippen LogP contribution in [-0.4, -0.2) is 61.6 Å². The number of hydrogen-bond donors (Lipinski definition) is 1. The molecule has 360 valence electrons. The molecule has 1 rings (SSSR count). The molecule has 0 aromatic rings. The lowest BCUT2D eigenvalue weighted by atomic mass is 9.89. The highest BCUT2D eigenvalue weighted by atomic mass is 16.5. The van der Waals surface area contributed by atoms with Crippen molar-refractivity contribution in [2.24, 2.45) is 11.8 Å². The van der Waals surface area contributed by atoms with Crippen LogP contribution in [-0.2, 0) is 23.9 Å². The van der Waals surface area contributed by atoms with Crippen molar-refractivity contribution < 1.29 is 23.9 Å². The van der Waals surface area contributed by atoms with E-state index in [1.54, 1.807) is 0 Å². The molecule has 7 heteroatoms. The molecule has 0 aromatic carbocycles. The van der Waals surface area contributed by atoms with Gasteiger partial charge in [0.2, 0.25) is 5.91 Å². The smallest absolute Gasteiger partial charge is 0.306 e. The Balaban J connectivity index is 2.38. The van der Waals surface area contributed by atoms with E-state index in [9.17, 15) is 14.4 Å². The Kier molecular flexibility index (Phi) is 41.0. The summed E-state index contributed by atoms with van der Waals surface area (Å²) in [5, 5.41) is 3.25. The van der Waals surface area contributed by atoms with Gasteiger partial charge in [0.15, 0.2) is 0 Å². The molecule has 7 nitrogen and oxygen atoms in total. The Hall–Kier alpha value is -1.63. The molecule has 61 heavy (non-hydrogen) atoms. The van der Waals surface area contributed by atoms with Gasteiger partial charge in [-0.25, -0.2) is 0 Å². The van der Waals surface area contributed by atoms with Gasteiger partial charge >= 0.3 is 11.9 Å². The maximum atomic E-state index is 12.9. The first kappa shape index (κ1) is 57.4. The molecule has 1 saturated carbocycles. The Morgan fingerprint density at radius 1 is 0.492 bits per heavy atom. The summed E-state index contributed by atoms with van der Waals surface area (Å²) in [5.41, 5.74) is 0. The van der Waals surface area contributed by atoms with E-state index in [0.29, 0.717) is 25.4 Å². The van der Waals surface area contributed by atoms with Crippen LogP contribution >= 0.6 is 0 Å². The summed E-state index contributed by atoms with van der Waals surface area (Å²) in [6.07, 6.45) is 45.1. The summed E-state index contributed by atoms with van der Waals surface area (Å²) in [4.78, 5) is 40.6. The lowest BCUT2D eigenvalue weighted by molar-refractivity contribution is -0.150. The fourth-order valence-corrected chi connectivity index (χ4v) is 9.27. The van der Waals surface area contributed by atoms with E-state index in [4.69, 9.17) is 9.47 Å². The van der Waals surface area contributed by atoms with Gasteiger partial charge in [0.1, 0.15) is 6.10 Å². The molecule has 0 heterocycles. The maximum Gasteiger partial charge on any atom is 0.306 e. The summed E-state index contributed by atoms with van der Waals surface area (Å²) in [5.74, 6) is 1.20. The lowest BCUT2D eigenvalue weighted by Crippen LogP contribution is -2.35.